The van der Waals surface area contributed by atoms with Crippen molar-refractivity contribution >= 4 is 5.69 Å². The summed E-state index contributed by atoms with van der Waals surface area (Å²) in [7, 11) is 0. The minimum Gasteiger partial charge on any atom is -0.491 e. The number of nitrogens with one attached hydrogen (secondary N) is 1. The van der Waals surface area contributed by atoms with Crippen molar-refractivity contribution in [2.45, 2.75) is 26.3 Å². The number of nitro groups is 1. The number of nitrogens with zero attached hydrogens (tertiary/aromatic N) is 2. The highest BCUT2D eigenvalue weighted by atomic mass is 16.6. The van der Waals surface area contributed by atoms with Gasteiger partial charge in [0.15, 0.2) is 0 Å². The molecule has 6 heteroatoms. The molecule has 1 atom stereocenters. The fraction of sp³-hybridized carbons (Fsp3) is 0.462. The summed E-state index contributed by atoms with van der Waals surface area (Å²) in [6, 6.07) is 6.14. The molecule has 1 aromatic carbocycles. The smallest absolute Gasteiger partial charge is 0.269 e. The Morgan fingerprint density at radius 3 is 2.84 bits per heavy atom. The normalized spacial score (nSPS) is 11.6. The largest absolute Gasteiger partial charge is 0.491 e. The van der Waals surface area contributed by atoms with Crippen LogP contribution in [0.25, 0.3) is 0 Å². The lowest BCUT2D eigenvalue weighted by molar-refractivity contribution is -0.384. The van der Waals surface area contributed by atoms with Gasteiger partial charge < -0.3 is 4.74 Å². The highest BCUT2D eigenvalue weighted by Gasteiger charge is 2.11. The topological polar surface area (TPSA) is 88.2 Å². The highest BCUT2D eigenvalue weighted by molar-refractivity contribution is 5.42. The molecule has 102 valence electrons. The summed E-state index contributed by atoms with van der Waals surface area (Å²) in [6.07, 6.45) is 0.939. The van der Waals surface area contributed by atoms with Gasteiger partial charge in [0.05, 0.1) is 11.0 Å². The first-order valence-corrected chi connectivity index (χ1v) is 6.09. The minimum absolute atomic E-state index is 0.0331. The summed E-state index contributed by atoms with van der Waals surface area (Å²) in [4.78, 5) is 10.2. The van der Waals surface area contributed by atoms with Crippen molar-refractivity contribution < 1.29 is 9.66 Å². The van der Waals surface area contributed by atoms with Gasteiger partial charge in [0.2, 0.25) is 0 Å². The maximum atomic E-state index is 10.6. The van der Waals surface area contributed by atoms with Crippen LogP contribution < -0.4 is 10.1 Å². The predicted molar refractivity (Wildman–Crippen MR) is 71.0 cm³/mol. The maximum Gasteiger partial charge on any atom is 0.269 e. The number of rotatable bonds is 7. The summed E-state index contributed by atoms with van der Waals surface area (Å²) < 4.78 is 5.51. The molecule has 0 radical (unpaired) electrons. The van der Waals surface area contributed by atoms with Gasteiger partial charge >= 0.3 is 0 Å². The predicted octanol–water partition coefficient (Wildman–Crippen LogP) is 2.17. The number of hydrogen-bond donors (Lipinski definition) is 1. The third-order valence-electron chi connectivity index (χ3n) is 2.57. The van der Waals surface area contributed by atoms with E-state index in [2.05, 4.69) is 11.4 Å². The molecule has 6 nitrogen and oxygen atoms in total. The number of ether oxygens (including phenoxy) is 1. The lowest BCUT2D eigenvalue weighted by Crippen LogP contribution is -2.33. The van der Waals surface area contributed by atoms with E-state index >= 15 is 0 Å². The Labute approximate surface area is 112 Å². The molecule has 1 N–H and O–H groups in total. The van der Waals surface area contributed by atoms with Gasteiger partial charge in [-0.05, 0) is 31.5 Å². The third-order valence-corrected chi connectivity index (χ3v) is 2.57. The van der Waals surface area contributed by atoms with Crippen molar-refractivity contribution in [2.24, 2.45) is 0 Å². The van der Waals surface area contributed by atoms with Crippen LogP contribution >= 0.6 is 0 Å². The molecule has 0 spiro atoms. The van der Waals surface area contributed by atoms with Crippen LogP contribution in [0.1, 0.15) is 18.9 Å². The van der Waals surface area contributed by atoms with Crippen LogP contribution in [0.5, 0.6) is 5.75 Å². The molecule has 0 fully saturated rings. The summed E-state index contributed by atoms with van der Waals surface area (Å²) in [5, 5.41) is 22.6. The molecule has 0 amide bonds. The fourth-order valence-electron chi connectivity index (χ4n) is 1.54. The standard InChI is InChI=1S/C13H17N3O3/c1-3-6-15-11(8-14)9-19-13-5-4-12(16(17)18)7-10(13)2/h4-5,7,11,15H,3,6,9H2,1-2H3. The van der Waals surface area contributed by atoms with E-state index in [1.54, 1.807) is 13.0 Å². The zero-order chi connectivity index (χ0) is 14.3. The van der Waals surface area contributed by atoms with Crippen molar-refractivity contribution in [1.29, 1.82) is 5.26 Å². The van der Waals surface area contributed by atoms with Crippen LogP contribution in [0, 0.1) is 28.4 Å². The Hall–Kier alpha value is -2.13. The quantitative estimate of drug-likeness (QED) is 0.601. The molecule has 0 aliphatic heterocycles. The zero-order valence-electron chi connectivity index (χ0n) is 11.0. The van der Waals surface area contributed by atoms with Crippen LogP contribution in [0.15, 0.2) is 18.2 Å². The Balaban J connectivity index is 2.62. The van der Waals surface area contributed by atoms with E-state index in [0.29, 0.717) is 11.3 Å². The van der Waals surface area contributed by atoms with Crippen LogP contribution in [0.4, 0.5) is 5.69 Å². The SMILES string of the molecule is CCCNC(C#N)COc1ccc([N+](=O)[O-])cc1C. The number of non-ortho nitro benzene ring substituents is 1. The van der Waals surface area contributed by atoms with E-state index in [-0.39, 0.29) is 18.3 Å². The summed E-state index contributed by atoms with van der Waals surface area (Å²) in [5.74, 6) is 0.559. The summed E-state index contributed by atoms with van der Waals surface area (Å²) in [6.45, 7) is 4.72. The number of nitriles is 1. The Morgan fingerprint density at radius 1 is 1.58 bits per heavy atom. The van der Waals surface area contributed by atoms with E-state index < -0.39 is 4.92 Å². The molecule has 0 saturated carbocycles. The Morgan fingerprint density at radius 2 is 2.32 bits per heavy atom. The van der Waals surface area contributed by atoms with Crippen molar-refractivity contribution in [2.75, 3.05) is 13.2 Å². The van der Waals surface area contributed by atoms with E-state index in [1.807, 2.05) is 6.92 Å². The minimum atomic E-state index is -0.447. The second-order valence-corrected chi connectivity index (χ2v) is 4.15. The highest BCUT2D eigenvalue weighted by Crippen LogP contribution is 2.23. The van der Waals surface area contributed by atoms with Crippen LogP contribution in [-0.2, 0) is 0 Å². The molecular formula is C13H17N3O3. The van der Waals surface area contributed by atoms with Crippen molar-refractivity contribution in [3.8, 4) is 11.8 Å². The van der Waals surface area contributed by atoms with Gasteiger partial charge in [-0.1, -0.05) is 6.92 Å². The van der Waals surface area contributed by atoms with Crippen molar-refractivity contribution in [3.05, 3.63) is 33.9 Å². The van der Waals surface area contributed by atoms with Crippen LogP contribution in [0.2, 0.25) is 0 Å². The molecule has 1 aromatic rings. The first-order valence-electron chi connectivity index (χ1n) is 6.09. The van der Waals surface area contributed by atoms with Gasteiger partial charge in [0.25, 0.3) is 5.69 Å². The third kappa shape index (κ3) is 4.56. The van der Waals surface area contributed by atoms with Crippen LogP contribution in [-0.4, -0.2) is 24.1 Å². The average molecular weight is 263 g/mol. The second kappa shape index (κ2) is 7.34. The lowest BCUT2D eigenvalue weighted by Gasteiger charge is -2.13. The monoisotopic (exact) mass is 263 g/mol. The number of benzene rings is 1. The molecule has 0 aromatic heterocycles. The molecule has 19 heavy (non-hydrogen) atoms. The fourth-order valence-corrected chi connectivity index (χ4v) is 1.54. The number of aryl methyl sites for hydroxylation is 1. The molecule has 0 aliphatic carbocycles. The first-order chi connectivity index (χ1) is 9.08. The molecule has 1 unspecified atom stereocenters. The van der Waals surface area contributed by atoms with Gasteiger partial charge in [-0.25, -0.2) is 0 Å². The van der Waals surface area contributed by atoms with E-state index in [9.17, 15) is 10.1 Å². The molecule has 0 heterocycles. The van der Waals surface area contributed by atoms with Gasteiger partial charge in [0.1, 0.15) is 18.4 Å². The van der Waals surface area contributed by atoms with E-state index in [0.717, 1.165) is 13.0 Å². The van der Waals surface area contributed by atoms with Crippen LogP contribution in [0.3, 0.4) is 0 Å². The zero-order valence-corrected chi connectivity index (χ0v) is 11.0. The number of hydrogen-bond acceptors (Lipinski definition) is 5. The van der Waals surface area contributed by atoms with E-state index in [4.69, 9.17) is 10.00 Å². The molecule has 1 rings (SSSR count). The van der Waals surface area contributed by atoms with Gasteiger partial charge in [-0.2, -0.15) is 5.26 Å². The van der Waals surface area contributed by atoms with Gasteiger partial charge in [-0.15, -0.1) is 0 Å². The first kappa shape index (κ1) is 14.9. The Bertz CT molecular complexity index is 483. The summed E-state index contributed by atoms with van der Waals surface area (Å²) in [5.41, 5.74) is 0.715. The lowest BCUT2D eigenvalue weighted by atomic mass is 10.2. The Kier molecular flexibility index (Phi) is 5.76. The number of nitro benzene ring substituents is 1. The van der Waals surface area contributed by atoms with Gasteiger partial charge in [0, 0.05) is 12.1 Å². The maximum absolute atomic E-state index is 10.6. The average Bonchev–Trinajstić information content (AvgIpc) is 2.40. The molecular weight excluding hydrogens is 246 g/mol. The summed E-state index contributed by atoms with van der Waals surface area (Å²) >= 11 is 0. The molecule has 0 saturated heterocycles. The van der Waals surface area contributed by atoms with E-state index in [1.165, 1.54) is 12.1 Å². The van der Waals surface area contributed by atoms with Crippen molar-refractivity contribution in [1.82, 2.24) is 5.32 Å². The molecule has 0 bridgehead atoms. The van der Waals surface area contributed by atoms with Crippen molar-refractivity contribution in [3.63, 3.8) is 0 Å². The molecule has 0 aliphatic rings. The second-order valence-electron chi connectivity index (χ2n) is 4.15. The van der Waals surface area contributed by atoms with Gasteiger partial charge in [-0.3, -0.25) is 15.4 Å².